The van der Waals surface area contributed by atoms with Crippen LogP contribution < -0.4 is 19.5 Å². The normalized spacial score (nSPS) is 12.0. The zero-order chi connectivity index (χ0) is 24.0. The highest BCUT2D eigenvalue weighted by Gasteiger charge is 2.17. The summed E-state index contributed by atoms with van der Waals surface area (Å²) in [5.74, 6) is 0.792. The molecule has 0 bridgehead atoms. The Morgan fingerprint density at radius 2 is 1.73 bits per heavy atom. The Balaban J connectivity index is 1.62. The molecule has 1 atom stereocenters. The van der Waals surface area contributed by atoms with Crippen molar-refractivity contribution in [2.24, 2.45) is 0 Å². The minimum Gasteiger partial charge on any atom is -0.496 e. The van der Waals surface area contributed by atoms with E-state index in [9.17, 15) is 13.2 Å². The van der Waals surface area contributed by atoms with Crippen molar-refractivity contribution in [3.63, 3.8) is 0 Å². The molecule has 174 valence electrons. The van der Waals surface area contributed by atoms with Gasteiger partial charge in [-0.15, -0.1) is 0 Å². The molecule has 7 nitrogen and oxygen atoms in total. The van der Waals surface area contributed by atoms with Crippen LogP contribution >= 0.6 is 11.6 Å². The first-order valence-corrected chi connectivity index (χ1v) is 12.0. The lowest BCUT2D eigenvalue weighted by molar-refractivity contribution is -0.123. The first kappa shape index (κ1) is 24.4. The van der Waals surface area contributed by atoms with Crippen LogP contribution in [0.2, 0.25) is 5.02 Å². The third kappa shape index (κ3) is 6.40. The molecule has 0 heterocycles. The smallest absolute Gasteiger partial charge is 0.261 e. The van der Waals surface area contributed by atoms with Gasteiger partial charge in [0.15, 0.2) is 6.61 Å². The highest BCUT2D eigenvalue weighted by molar-refractivity contribution is 7.92. The summed E-state index contributed by atoms with van der Waals surface area (Å²) >= 11 is 5.84. The number of aryl methyl sites for hydroxylation is 1. The molecule has 0 saturated heterocycles. The number of hydrogen-bond acceptors (Lipinski definition) is 5. The Morgan fingerprint density at radius 1 is 1.03 bits per heavy atom. The molecule has 3 aromatic carbocycles. The van der Waals surface area contributed by atoms with Gasteiger partial charge in [-0.3, -0.25) is 9.52 Å². The van der Waals surface area contributed by atoms with Crippen molar-refractivity contribution < 1.29 is 22.7 Å². The Kier molecular flexibility index (Phi) is 7.84. The van der Waals surface area contributed by atoms with Gasteiger partial charge in [0.1, 0.15) is 11.5 Å². The van der Waals surface area contributed by atoms with Crippen LogP contribution in [0.15, 0.2) is 71.6 Å². The first-order valence-electron chi connectivity index (χ1n) is 10.1. The number of nitrogens with one attached hydrogen (secondary N) is 2. The number of para-hydroxylation sites is 1. The van der Waals surface area contributed by atoms with E-state index in [0.29, 0.717) is 27.8 Å². The number of carbonyl (C=O) groups excluding carboxylic acids is 1. The predicted molar refractivity (Wildman–Crippen MR) is 128 cm³/mol. The number of carbonyl (C=O) groups is 1. The molecule has 0 fully saturated rings. The molecule has 3 rings (SSSR count). The second-order valence-electron chi connectivity index (χ2n) is 7.36. The van der Waals surface area contributed by atoms with Gasteiger partial charge in [-0.1, -0.05) is 29.8 Å². The number of amides is 1. The molecular formula is C24H25ClN2O5S. The van der Waals surface area contributed by atoms with Crippen molar-refractivity contribution in [3.05, 3.63) is 82.9 Å². The maximum atomic E-state index is 12.7. The maximum absolute atomic E-state index is 12.7. The molecule has 3 aromatic rings. The Labute approximate surface area is 198 Å². The van der Waals surface area contributed by atoms with Gasteiger partial charge in [-0.2, -0.15) is 0 Å². The van der Waals surface area contributed by atoms with Crippen molar-refractivity contribution >= 4 is 33.2 Å². The Bertz CT molecular complexity index is 1230. The van der Waals surface area contributed by atoms with Gasteiger partial charge in [-0.05, 0) is 67.9 Å². The lowest BCUT2D eigenvalue weighted by atomic mass is 10.1. The fraction of sp³-hybridized carbons (Fsp3) is 0.208. The summed E-state index contributed by atoms with van der Waals surface area (Å²) in [6, 6.07) is 18.0. The van der Waals surface area contributed by atoms with E-state index in [1.807, 2.05) is 31.2 Å². The molecule has 0 spiro atoms. The van der Waals surface area contributed by atoms with Gasteiger partial charge in [0.2, 0.25) is 0 Å². The third-order valence-electron chi connectivity index (χ3n) is 4.89. The van der Waals surface area contributed by atoms with Crippen LogP contribution in [0.4, 0.5) is 5.69 Å². The molecule has 0 aliphatic heterocycles. The quantitative estimate of drug-likeness (QED) is 0.454. The van der Waals surface area contributed by atoms with Crippen molar-refractivity contribution in [1.82, 2.24) is 5.32 Å². The number of methoxy groups -OCH3 is 1. The number of hydrogen-bond donors (Lipinski definition) is 2. The molecule has 0 unspecified atom stereocenters. The van der Waals surface area contributed by atoms with E-state index in [2.05, 4.69) is 10.0 Å². The third-order valence-corrected chi connectivity index (χ3v) is 6.53. The summed E-state index contributed by atoms with van der Waals surface area (Å²) in [7, 11) is -2.21. The summed E-state index contributed by atoms with van der Waals surface area (Å²) < 4.78 is 38.8. The van der Waals surface area contributed by atoms with Crippen LogP contribution in [0.3, 0.4) is 0 Å². The second kappa shape index (κ2) is 10.6. The molecule has 0 radical (unpaired) electrons. The maximum Gasteiger partial charge on any atom is 0.261 e. The van der Waals surface area contributed by atoms with Gasteiger partial charge in [0.05, 0.1) is 18.0 Å². The lowest BCUT2D eigenvalue weighted by Crippen LogP contribution is -2.31. The van der Waals surface area contributed by atoms with Crippen molar-refractivity contribution in [3.8, 4) is 11.5 Å². The monoisotopic (exact) mass is 488 g/mol. The standard InChI is InChI=1S/C24H25ClN2O5S/c1-16-14-20(33(29,30)27-19-10-8-18(25)9-11-19)12-13-22(16)32-15-24(28)26-17(2)21-6-4-5-7-23(21)31-3/h4-14,17,27H,15H2,1-3H3,(H,26,28)/t17-/m0/s1. The molecule has 1 amide bonds. The second-order valence-corrected chi connectivity index (χ2v) is 9.48. The first-order chi connectivity index (χ1) is 15.7. The van der Waals surface area contributed by atoms with Crippen molar-refractivity contribution in [1.29, 1.82) is 0 Å². The molecule has 0 aromatic heterocycles. The topological polar surface area (TPSA) is 93.7 Å². The van der Waals surface area contributed by atoms with Crippen molar-refractivity contribution in [2.45, 2.75) is 24.8 Å². The zero-order valence-electron chi connectivity index (χ0n) is 18.5. The van der Waals surface area contributed by atoms with Crippen LogP contribution in [-0.2, 0) is 14.8 Å². The lowest BCUT2D eigenvalue weighted by Gasteiger charge is -2.18. The number of rotatable bonds is 9. The fourth-order valence-corrected chi connectivity index (χ4v) is 4.48. The molecule has 0 saturated carbocycles. The van der Waals surface area contributed by atoms with Crippen LogP contribution in [0.25, 0.3) is 0 Å². The van der Waals surface area contributed by atoms with E-state index < -0.39 is 10.0 Å². The molecule has 33 heavy (non-hydrogen) atoms. The molecular weight excluding hydrogens is 464 g/mol. The average molecular weight is 489 g/mol. The van der Waals surface area contributed by atoms with Gasteiger partial charge >= 0.3 is 0 Å². The number of anilines is 1. The predicted octanol–water partition coefficient (Wildman–Crippen LogP) is 4.71. The number of halogens is 1. The number of ether oxygens (including phenoxy) is 2. The van der Waals surface area contributed by atoms with Crippen molar-refractivity contribution in [2.75, 3.05) is 18.4 Å². The van der Waals surface area contributed by atoms with Gasteiger partial charge in [0, 0.05) is 16.3 Å². The Hall–Kier alpha value is -3.23. The van der Waals surface area contributed by atoms with E-state index in [-0.39, 0.29) is 23.5 Å². The molecule has 9 heteroatoms. The molecule has 0 aliphatic rings. The van der Waals surface area contributed by atoms with Gasteiger partial charge in [-0.25, -0.2) is 8.42 Å². The SMILES string of the molecule is COc1ccccc1[C@H](C)NC(=O)COc1ccc(S(=O)(=O)Nc2ccc(Cl)cc2)cc1C. The van der Waals surface area contributed by atoms with Crippen LogP contribution in [0.1, 0.15) is 24.1 Å². The summed E-state index contributed by atoms with van der Waals surface area (Å²) in [5.41, 5.74) is 1.84. The Morgan fingerprint density at radius 3 is 2.39 bits per heavy atom. The average Bonchev–Trinajstić information content (AvgIpc) is 2.79. The van der Waals surface area contributed by atoms with Gasteiger partial charge < -0.3 is 14.8 Å². The minimum absolute atomic E-state index is 0.0801. The summed E-state index contributed by atoms with van der Waals surface area (Å²) in [6.07, 6.45) is 0. The fourth-order valence-electron chi connectivity index (χ4n) is 3.21. The number of sulfonamides is 1. The largest absolute Gasteiger partial charge is 0.496 e. The summed E-state index contributed by atoms with van der Waals surface area (Å²) in [5, 5.41) is 3.38. The summed E-state index contributed by atoms with van der Waals surface area (Å²) in [6.45, 7) is 3.36. The van der Waals surface area contributed by atoms with Crippen LogP contribution in [0, 0.1) is 6.92 Å². The molecule has 0 aliphatic carbocycles. The van der Waals surface area contributed by atoms with E-state index in [4.69, 9.17) is 21.1 Å². The van der Waals surface area contributed by atoms with E-state index in [1.54, 1.807) is 38.3 Å². The van der Waals surface area contributed by atoms with Crippen LogP contribution in [-0.4, -0.2) is 28.0 Å². The zero-order valence-corrected chi connectivity index (χ0v) is 20.0. The minimum atomic E-state index is -3.79. The highest BCUT2D eigenvalue weighted by atomic mass is 35.5. The van der Waals surface area contributed by atoms with E-state index in [0.717, 1.165) is 5.56 Å². The van der Waals surface area contributed by atoms with Gasteiger partial charge in [0.25, 0.3) is 15.9 Å². The van der Waals surface area contributed by atoms with Crippen LogP contribution in [0.5, 0.6) is 11.5 Å². The highest BCUT2D eigenvalue weighted by Crippen LogP contribution is 2.26. The number of benzene rings is 3. The summed E-state index contributed by atoms with van der Waals surface area (Å²) in [4.78, 5) is 12.5. The van der Waals surface area contributed by atoms with E-state index >= 15 is 0 Å². The van der Waals surface area contributed by atoms with E-state index in [1.165, 1.54) is 18.2 Å². The molecule has 2 N–H and O–H groups in total.